The topological polar surface area (TPSA) is 12.0 Å². The number of aryl methyl sites for hydroxylation is 1. The molecule has 1 aromatic rings. The molecule has 2 saturated carbocycles. The van der Waals surface area contributed by atoms with Crippen molar-refractivity contribution in [3.05, 3.63) is 35.4 Å². The van der Waals surface area contributed by atoms with E-state index in [2.05, 4.69) is 43.4 Å². The first-order chi connectivity index (χ1) is 7.71. The van der Waals surface area contributed by atoms with Crippen LogP contribution in [-0.4, -0.2) is 12.6 Å². The highest BCUT2D eigenvalue weighted by atomic mass is 15.0. The molecule has 2 aliphatic carbocycles. The molecule has 0 spiro atoms. The SMILES string of the molecule is Cc1cccc(C2(CNC3CC3)CC2C)c1. The molecular weight excluding hydrogens is 194 g/mol. The molecule has 1 nitrogen and oxygen atoms in total. The van der Waals surface area contributed by atoms with Crippen molar-refractivity contribution in [3.8, 4) is 0 Å². The number of benzene rings is 1. The summed E-state index contributed by atoms with van der Waals surface area (Å²) >= 11 is 0. The molecule has 0 saturated heterocycles. The molecule has 86 valence electrons. The van der Waals surface area contributed by atoms with Gasteiger partial charge in [0.25, 0.3) is 0 Å². The maximum absolute atomic E-state index is 3.71. The van der Waals surface area contributed by atoms with E-state index in [4.69, 9.17) is 0 Å². The van der Waals surface area contributed by atoms with Gasteiger partial charge in [0, 0.05) is 18.0 Å². The van der Waals surface area contributed by atoms with Crippen molar-refractivity contribution in [2.75, 3.05) is 6.54 Å². The monoisotopic (exact) mass is 215 g/mol. The van der Waals surface area contributed by atoms with E-state index >= 15 is 0 Å². The van der Waals surface area contributed by atoms with Crippen LogP contribution in [0.3, 0.4) is 0 Å². The maximum Gasteiger partial charge on any atom is 0.0107 e. The summed E-state index contributed by atoms with van der Waals surface area (Å²) in [7, 11) is 0. The molecule has 0 heterocycles. The molecular formula is C15H21N. The second-order valence-electron chi connectivity index (χ2n) is 5.79. The Hall–Kier alpha value is -0.820. The Labute approximate surface area is 98.3 Å². The molecule has 0 amide bonds. The minimum Gasteiger partial charge on any atom is -0.313 e. The standard InChI is InChI=1S/C15H21N/c1-11-4-3-5-13(8-11)15(9-12(15)2)10-16-14-6-7-14/h3-5,8,12,14,16H,6-7,9-10H2,1-2H3. The molecule has 0 aromatic heterocycles. The van der Waals surface area contributed by atoms with Crippen LogP contribution in [0.2, 0.25) is 0 Å². The van der Waals surface area contributed by atoms with Crippen LogP contribution in [0.1, 0.15) is 37.3 Å². The molecule has 2 atom stereocenters. The average molecular weight is 215 g/mol. The normalized spacial score (nSPS) is 32.8. The van der Waals surface area contributed by atoms with Gasteiger partial charge in [-0.3, -0.25) is 0 Å². The van der Waals surface area contributed by atoms with Gasteiger partial charge in [0.15, 0.2) is 0 Å². The van der Waals surface area contributed by atoms with Crippen LogP contribution in [0.5, 0.6) is 0 Å². The summed E-state index contributed by atoms with van der Waals surface area (Å²) in [4.78, 5) is 0. The third-order valence-electron chi connectivity index (χ3n) is 4.33. The lowest BCUT2D eigenvalue weighted by Crippen LogP contribution is -2.29. The van der Waals surface area contributed by atoms with Gasteiger partial charge in [0.05, 0.1) is 0 Å². The van der Waals surface area contributed by atoms with Gasteiger partial charge in [-0.25, -0.2) is 0 Å². The van der Waals surface area contributed by atoms with E-state index in [0.29, 0.717) is 5.41 Å². The molecule has 2 aliphatic rings. The Bertz CT molecular complexity index is 394. The number of hydrogen-bond donors (Lipinski definition) is 1. The number of rotatable bonds is 4. The first-order valence-corrected chi connectivity index (χ1v) is 6.51. The molecule has 16 heavy (non-hydrogen) atoms. The van der Waals surface area contributed by atoms with E-state index in [9.17, 15) is 0 Å². The summed E-state index contributed by atoms with van der Waals surface area (Å²) in [5.41, 5.74) is 3.39. The first kappa shape index (κ1) is 10.3. The fourth-order valence-electron chi connectivity index (χ4n) is 2.81. The zero-order chi connectivity index (χ0) is 11.2. The van der Waals surface area contributed by atoms with E-state index in [1.54, 1.807) is 5.56 Å². The molecule has 0 aliphatic heterocycles. The van der Waals surface area contributed by atoms with Crippen LogP contribution < -0.4 is 5.32 Å². The largest absolute Gasteiger partial charge is 0.313 e. The molecule has 0 bridgehead atoms. The second-order valence-corrected chi connectivity index (χ2v) is 5.79. The number of hydrogen-bond acceptors (Lipinski definition) is 1. The predicted molar refractivity (Wildman–Crippen MR) is 67.7 cm³/mol. The van der Waals surface area contributed by atoms with Gasteiger partial charge in [0.2, 0.25) is 0 Å². The van der Waals surface area contributed by atoms with Crippen molar-refractivity contribution >= 4 is 0 Å². The highest BCUT2D eigenvalue weighted by Gasteiger charge is 2.52. The van der Waals surface area contributed by atoms with Gasteiger partial charge >= 0.3 is 0 Å². The minimum absolute atomic E-state index is 0.453. The van der Waals surface area contributed by atoms with Crippen LogP contribution in [0, 0.1) is 12.8 Å². The molecule has 3 rings (SSSR count). The van der Waals surface area contributed by atoms with Crippen LogP contribution in [0.25, 0.3) is 0 Å². The molecule has 2 unspecified atom stereocenters. The summed E-state index contributed by atoms with van der Waals surface area (Å²) in [6.45, 7) is 5.76. The Kier molecular flexibility index (Phi) is 2.32. The fourth-order valence-corrected chi connectivity index (χ4v) is 2.81. The van der Waals surface area contributed by atoms with Crippen molar-refractivity contribution in [1.82, 2.24) is 5.32 Å². The summed E-state index contributed by atoms with van der Waals surface area (Å²) in [5, 5.41) is 3.71. The lowest BCUT2D eigenvalue weighted by Gasteiger charge is -2.18. The van der Waals surface area contributed by atoms with Gasteiger partial charge in [0.1, 0.15) is 0 Å². The smallest absolute Gasteiger partial charge is 0.0107 e. The third kappa shape index (κ3) is 1.78. The summed E-state index contributed by atoms with van der Waals surface area (Å²) in [6, 6.07) is 9.91. The van der Waals surface area contributed by atoms with E-state index in [0.717, 1.165) is 12.0 Å². The van der Waals surface area contributed by atoms with Gasteiger partial charge in [-0.05, 0) is 37.7 Å². The predicted octanol–water partition coefficient (Wildman–Crippen LogP) is 3.02. The summed E-state index contributed by atoms with van der Waals surface area (Å²) < 4.78 is 0. The van der Waals surface area contributed by atoms with E-state index in [1.165, 1.54) is 31.4 Å². The molecule has 2 fully saturated rings. The van der Waals surface area contributed by atoms with Crippen molar-refractivity contribution < 1.29 is 0 Å². The lowest BCUT2D eigenvalue weighted by molar-refractivity contribution is 0.540. The minimum atomic E-state index is 0.453. The molecule has 0 radical (unpaired) electrons. The Balaban J connectivity index is 1.78. The van der Waals surface area contributed by atoms with Crippen LogP contribution in [0.4, 0.5) is 0 Å². The Morgan fingerprint density at radius 1 is 1.38 bits per heavy atom. The van der Waals surface area contributed by atoms with Crippen molar-refractivity contribution in [2.45, 2.75) is 44.6 Å². The fraction of sp³-hybridized carbons (Fsp3) is 0.600. The highest BCUT2D eigenvalue weighted by molar-refractivity contribution is 5.36. The van der Waals surface area contributed by atoms with Crippen molar-refractivity contribution in [3.63, 3.8) is 0 Å². The summed E-state index contributed by atoms with van der Waals surface area (Å²) in [5.74, 6) is 0.848. The van der Waals surface area contributed by atoms with Crippen LogP contribution >= 0.6 is 0 Å². The van der Waals surface area contributed by atoms with Gasteiger partial charge in [-0.15, -0.1) is 0 Å². The van der Waals surface area contributed by atoms with Gasteiger partial charge < -0.3 is 5.32 Å². The maximum atomic E-state index is 3.71. The zero-order valence-corrected chi connectivity index (χ0v) is 10.3. The Morgan fingerprint density at radius 2 is 2.12 bits per heavy atom. The van der Waals surface area contributed by atoms with Crippen molar-refractivity contribution in [2.24, 2.45) is 5.92 Å². The van der Waals surface area contributed by atoms with Crippen LogP contribution in [-0.2, 0) is 5.41 Å². The van der Waals surface area contributed by atoms with Gasteiger partial charge in [-0.2, -0.15) is 0 Å². The molecule has 1 N–H and O–H groups in total. The van der Waals surface area contributed by atoms with Crippen molar-refractivity contribution in [1.29, 1.82) is 0 Å². The molecule has 1 heteroatoms. The molecule has 1 aromatic carbocycles. The number of nitrogens with one attached hydrogen (secondary N) is 1. The van der Waals surface area contributed by atoms with Gasteiger partial charge in [-0.1, -0.05) is 36.8 Å². The van der Waals surface area contributed by atoms with Crippen LogP contribution in [0.15, 0.2) is 24.3 Å². The van der Waals surface area contributed by atoms with E-state index in [1.807, 2.05) is 0 Å². The first-order valence-electron chi connectivity index (χ1n) is 6.51. The van der Waals surface area contributed by atoms with E-state index < -0.39 is 0 Å². The second kappa shape index (κ2) is 3.59. The highest BCUT2D eigenvalue weighted by Crippen LogP contribution is 2.53. The third-order valence-corrected chi connectivity index (χ3v) is 4.33. The summed E-state index contributed by atoms with van der Waals surface area (Å²) in [6.07, 6.45) is 4.13. The zero-order valence-electron chi connectivity index (χ0n) is 10.3. The average Bonchev–Trinajstić information content (AvgIpc) is 3.13. The lowest BCUT2D eigenvalue weighted by atomic mass is 9.92. The quantitative estimate of drug-likeness (QED) is 0.814. The van der Waals surface area contributed by atoms with E-state index in [-0.39, 0.29) is 0 Å². The Morgan fingerprint density at radius 3 is 2.69 bits per heavy atom.